The second-order valence-corrected chi connectivity index (χ2v) is 7.51. The molecule has 1 fully saturated rings. The lowest BCUT2D eigenvalue weighted by molar-refractivity contribution is 0.159. The maximum atomic E-state index is 4.34. The molecule has 2 N–H and O–H groups in total. The van der Waals surface area contributed by atoms with E-state index in [1.807, 2.05) is 35.8 Å². The average molecular weight is 485 g/mol. The SMILES string of the molecule is CN=C(NCc1nnc2ccccn12)NCC1CCCN(CC(C)C)C1.I. The predicted octanol–water partition coefficient (Wildman–Crippen LogP) is 2.38. The van der Waals surface area contributed by atoms with E-state index in [1.165, 1.54) is 32.5 Å². The van der Waals surface area contributed by atoms with E-state index in [1.54, 1.807) is 0 Å². The fraction of sp³-hybridized carbons (Fsp3) is 0.632. The summed E-state index contributed by atoms with van der Waals surface area (Å²) in [5, 5.41) is 15.3. The number of aromatic nitrogens is 3. The van der Waals surface area contributed by atoms with E-state index in [4.69, 9.17) is 0 Å². The van der Waals surface area contributed by atoms with Crippen molar-refractivity contribution >= 4 is 35.6 Å². The van der Waals surface area contributed by atoms with Gasteiger partial charge in [0.2, 0.25) is 0 Å². The van der Waals surface area contributed by atoms with Crippen LogP contribution in [0, 0.1) is 11.8 Å². The molecule has 1 aliphatic heterocycles. The van der Waals surface area contributed by atoms with E-state index in [0.717, 1.165) is 29.9 Å². The Hall–Kier alpha value is -1.42. The maximum absolute atomic E-state index is 4.34. The number of pyridine rings is 1. The topological polar surface area (TPSA) is 69.8 Å². The summed E-state index contributed by atoms with van der Waals surface area (Å²) in [7, 11) is 1.81. The first kappa shape index (κ1) is 21.9. The molecule has 2 aromatic rings. The van der Waals surface area contributed by atoms with Crippen molar-refractivity contribution in [2.75, 3.05) is 33.2 Å². The number of hydrogen-bond donors (Lipinski definition) is 2. The fourth-order valence-electron chi connectivity index (χ4n) is 3.64. The summed E-state index contributed by atoms with van der Waals surface area (Å²) in [4.78, 5) is 6.94. The van der Waals surface area contributed by atoms with E-state index in [-0.39, 0.29) is 24.0 Å². The molecule has 0 aromatic carbocycles. The zero-order valence-electron chi connectivity index (χ0n) is 16.6. The van der Waals surface area contributed by atoms with Crippen molar-refractivity contribution in [3.63, 3.8) is 0 Å². The van der Waals surface area contributed by atoms with Crippen molar-refractivity contribution in [3.8, 4) is 0 Å². The zero-order chi connectivity index (χ0) is 18.4. The average Bonchev–Trinajstić information content (AvgIpc) is 3.05. The molecule has 1 saturated heterocycles. The van der Waals surface area contributed by atoms with Crippen molar-refractivity contribution in [2.24, 2.45) is 16.8 Å². The minimum absolute atomic E-state index is 0. The van der Waals surface area contributed by atoms with Gasteiger partial charge in [-0.25, -0.2) is 0 Å². The van der Waals surface area contributed by atoms with Crippen LogP contribution in [0.5, 0.6) is 0 Å². The summed E-state index contributed by atoms with van der Waals surface area (Å²) < 4.78 is 1.99. The second kappa shape index (κ2) is 10.8. The Bertz CT molecular complexity index is 728. The molecular weight excluding hydrogens is 453 g/mol. The first-order chi connectivity index (χ1) is 12.7. The number of hydrogen-bond acceptors (Lipinski definition) is 4. The van der Waals surface area contributed by atoms with Crippen LogP contribution in [0.2, 0.25) is 0 Å². The Balaban J connectivity index is 0.00000261. The summed E-state index contributed by atoms with van der Waals surface area (Å²) >= 11 is 0. The van der Waals surface area contributed by atoms with Gasteiger partial charge in [0, 0.05) is 32.9 Å². The van der Waals surface area contributed by atoms with Crippen LogP contribution in [-0.4, -0.2) is 58.7 Å². The van der Waals surface area contributed by atoms with Crippen LogP contribution in [0.4, 0.5) is 0 Å². The third kappa shape index (κ3) is 6.31. The number of nitrogens with one attached hydrogen (secondary N) is 2. The number of rotatable bonds is 6. The number of nitrogens with zero attached hydrogens (tertiary/aromatic N) is 5. The van der Waals surface area contributed by atoms with Gasteiger partial charge in [-0.15, -0.1) is 34.2 Å². The van der Waals surface area contributed by atoms with Gasteiger partial charge in [0.25, 0.3) is 0 Å². The highest BCUT2D eigenvalue weighted by Crippen LogP contribution is 2.16. The van der Waals surface area contributed by atoms with Crippen LogP contribution in [0.25, 0.3) is 5.65 Å². The van der Waals surface area contributed by atoms with Crippen LogP contribution in [-0.2, 0) is 6.54 Å². The fourth-order valence-corrected chi connectivity index (χ4v) is 3.64. The molecular formula is C19H32IN7. The minimum Gasteiger partial charge on any atom is -0.356 e. The van der Waals surface area contributed by atoms with Gasteiger partial charge in [0.15, 0.2) is 17.4 Å². The number of guanidine groups is 1. The van der Waals surface area contributed by atoms with Crippen molar-refractivity contribution in [3.05, 3.63) is 30.2 Å². The Morgan fingerprint density at radius 1 is 1.30 bits per heavy atom. The zero-order valence-corrected chi connectivity index (χ0v) is 18.9. The molecule has 0 spiro atoms. The smallest absolute Gasteiger partial charge is 0.191 e. The molecule has 7 nitrogen and oxygen atoms in total. The van der Waals surface area contributed by atoms with Crippen LogP contribution in [0.1, 0.15) is 32.5 Å². The molecule has 0 amide bonds. The van der Waals surface area contributed by atoms with Gasteiger partial charge in [-0.3, -0.25) is 9.39 Å². The Morgan fingerprint density at radius 3 is 2.93 bits per heavy atom. The molecule has 2 aromatic heterocycles. The Morgan fingerprint density at radius 2 is 2.15 bits per heavy atom. The molecule has 3 heterocycles. The van der Waals surface area contributed by atoms with E-state index < -0.39 is 0 Å². The lowest BCUT2D eigenvalue weighted by Gasteiger charge is -2.34. The van der Waals surface area contributed by atoms with E-state index >= 15 is 0 Å². The van der Waals surface area contributed by atoms with Crippen molar-refractivity contribution in [1.82, 2.24) is 30.1 Å². The third-order valence-corrected chi connectivity index (χ3v) is 4.81. The molecule has 0 radical (unpaired) electrons. The van der Waals surface area contributed by atoms with Crippen molar-refractivity contribution < 1.29 is 0 Å². The first-order valence-corrected chi connectivity index (χ1v) is 9.61. The molecule has 1 aliphatic rings. The summed E-state index contributed by atoms with van der Waals surface area (Å²) in [5.74, 6) is 3.10. The minimum atomic E-state index is 0. The Kier molecular flexibility index (Phi) is 8.75. The molecule has 1 unspecified atom stereocenters. The quantitative estimate of drug-likeness (QED) is 0.374. The summed E-state index contributed by atoms with van der Waals surface area (Å²) in [6, 6.07) is 5.91. The highest BCUT2D eigenvalue weighted by molar-refractivity contribution is 14.0. The standard InChI is InChI=1S/C19H31N7.HI/c1-15(2)13-25-9-6-7-16(14-25)11-21-19(20-3)22-12-18-24-23-17-8-4-5-10-26(17)18;/h4-5,8,10,15-16H,6-7,9,11-14H2,1-3H3,(H2,20,21,22);1H. The molecule has 1 atom stereocenters. The summed E-state index contributed by atoms with van der Waals surface area (Å²) in [6.07, 6.45) is 4.55. The van der Waals surface area contributed by atoms with Gasteiger partial charge >= 0.3 is 0 Å². The summed E-state index contributed by atoms with van der Waals surface area (Å²) in [6.45, 7) is 9.75. The van der Waals surface area contributed by atoms with Gasteiger partial charge in [-0.05, 0) is 43.4 Å². The highest BCUT2D eigenvalue weighted by atomic mass is 127. The van der Waals surface area contributed by atoms with Gasteiger partial charge in [-0.1, -0.05) is 19.9 Å². The van der Waals surface area contributed by atoms with E-state index in [9.17, 15) is 0 Å². The van der Waals surface area contributed by atoms with E-state index in [2.05, 4.69) is 44.6 Å². The van der Waals surface area contributed by atoms with E-state index in [0.29, 0.717) is 12.5 Å². The largest absolute Gasteiger partial charge is 0.356 e. The molecule has 27 heavy (non-hydrogen) atoms. The van der Waals surface area contributed by atoms with Crippen LogP contribution >= 0.6 is 24.0 Å². The summed E-state index contributed by atoms with van der Waals surface area (Å²) in [5.41, 5.74) is 0.861. The normalized spacial score (nSPS) is 18.5. The first-order valence-electron chi connectivity index (χ1n) is 9.61. The molecule has 0 aliphatic carbocycles. The number of likely N-dealkylation sites (tertiary alicyclic amines) is 1. The van der Waals surface area contributed by atoms with Crippen LogP contribution in [0.3, 0.4) is 0 Å². The number of aliphatic imine (C=N–C) groups is 1. The van der Waals surface area contributed by atoms with Crippen LogP contribution < -0.4 is 10.6 Å². The number of halogens is 1. The lowest BCUT2D eigenvalue weighted by atomic mass is 9.97. The monoisotopic (exact) mass is 485 g/mol. The highest BCUT2D eigenvalue weighted by Gasteiger charge is 2.20. The third-order valence-electron chi connectivity index (χ3n) is 4.81. The van der Waals surface area contributed by atoms with Gasteiger partial charge < -0.3 is 15.5 Å². The molecule has 8 heteroatoms. The lowest BCUT2D eigenvalue weighted by Crippen LogP contribution is -2.45. The predicted molar refractivity (Wildman–Crippen MR) is 121 cm³/mol. The molecule has 3 rings (SSSR count). The van der Waals surface area contributed by atoms with Gasteiger partial charge in [0.05, 0.1) is 6.54 Å². The van der Waals surface area contributed by atoms with Crippen molar-refractivity contribution in [2.45, 2.75) is 33.2 Å². The molecule has 0 bridgehead atoms. The second-order valence-electron chi connectivity index (χ2n) is 7.51. The molecule has 150 valence electrons. The molecule has 0 saturated carbocycles. The Labute approximate surface area is 179 Å². The van der Waals surface area contributed by atoms with Gasteiger partial charge in [0.1, 0.15) is 0 Å². The van der Waals surface area contributed by atoms with Crippen LogP contribution in [0.15, 0.2) is 29.4 Å². The maximum Gasteiger partial charge on any atom is 0.191 e. The number of piperidine rings is 1. The van der Waals surface area contributed by atoms with Crippen molar-refractivity contribution in [1.29, 1.82) is 0 Å². The number of fused-ring (bicyclic) bond motifs is 1. The van der Waals surface area contributed by atoms with Gasteiger partial charge in [-0.2, -0.15) is 0 Å².